The van der Waals surface area contributed by atoms with Gasteiger partial charge in [-0.15, -0.1) is 0 Å². The molecule has 3 aromatic carbocycles. The molecule has 98 valence electrons. The van der Waals surface area contributed by atoms with Crippen LogP contribution in [-0.4, -0.2) is 0 Å². The van der Waals surface area contributed by atoms with Gasteiger partial charge in [0.05, 0.1) is 10.7 Å². The summed E-state index contributed by atoms with van der Waals surface area (Å²) in [7, 11) is 0. The lowest BCUT2D eigenvalue weighted by molar-refractivity contribution is 1.58. The first kappa shape index (κ1) is 12.8. The first-order valence-corrected chi connectivity index (χ1v) is 6.83. The molecule has 0 amide bonds. The molecule has 0 atom stereocenters. The zero-order chi connectivity index (χ0) is 13.9. The molecule has 0 aliphatic carbocycles. The van der Waals surface area contributed by atoms with E-state index in [2.05, 4.69) is 36.4 Å². The van der Waals surface area contributed by atoms with E-state index < -0.39 is 0 Å². The summed E-state index contributed by atoms with van der Waals surface area (Å²) in [6.45, 7) is 0. The first-order chi connectivity index (χ1) is 9.75. The molecule has 0 fully saturated rings. The molecule has 0 aliphatic heterocycles. The second kappa shape index (κ2) is 5.40. The quantitative estimate of drug-likeness (QED) is 0.637. The van der Waals surface area contributed by atoms with Crippen LogP contribution in [0.4, 0.5) is 5.69 Å². The predicted molar refractivity (Wildman–Crippen MR) is 86.7 cm³/mol. The fourth-order valence-corrected chi connectivity index (χ4v) is 2.44. The van der Waals surface area contributed by atoms with Gasteiger partial charge in [0.25, 0.3) is 0 Å². The molecule has 0 spiro atoms. The molecule has 2 N–H and O–H groups in total. The van der Waals surface area contributed by atoms with Crippen LogP contribution in [0.1, 0.15) is 0 Å². The minimum atomic E-state index is 0.592. The first-order valence-electron chi connectivity index (χ1n) is 6.45. The molecule has 0 aromatic heterocycles. The average Bonchev–Trinajstić information content (AvgIpc) is 2.51. The summed E-state index contributed by atoms with van der Waals surface area (Å²) in [5.74, 6) is 0. The zero-order valence-electron chi connectivity index (χ0n) is 10.9. The van der Waals surface area contributed by atoms with Crippen molar-refractivity contribution in [2.75, 3.05) is 5.73 Å². The summed E-state index contributed by atoms with van der Waals surface area (Å²) in [4.78, 5) is 0. The maximum Gasteiger partial charge on any atom is 0.0641 e. The van der Waals surface area contributed by atoms with Crippen LogP contribution in [-0.2, 0) is 0 Å². The highest BCUT2D eigenvalue weighted by molar-refractivity contribution is 6.33. The summed E-state index contributed by atoms with van der Waals surface area (Å²) in [5.41, 5.74) is 11.1. The predicted octanol–water partition coefficient (Wildman–Crippen LogP) is 5.26. The molecular weight excluding hydrogens is 266 g/mol. The fourth-order valence-electron chi connectivity index (χ4n) is 2.26. The van der Waals surface area contributed by atoms with Gasteiger partial charge in [-0.3, -0.25) is 0 Å². The highest BCUT2D eigenvalue weighted by Crippen LogP contribution is 2.32. The van der Waals surface area contributed by atoms with Gasteiger partial charge in [0.1, 0.15) is 0 Å². The fraction of sp³-hybridized carbons (Fsp3) is 0. The molecule has 2 heteroatoms. The van der Waals surface area contributed by atoms with Gasteiger partial charge in [-0.1, -0.05) is 78.3 Å². The Morgan fingerprint density at radius 3 is 1.90 bits per heavy atom. The van der Waals surface area contributed by atoms with Gasteiger partial charge in [-0.25, -0.2) is 0 Å². The van der Waals surface area contributed by atoms with Crippen LogP contribution in [0.2, 0.25) is 5.02 Å². The van der Waals surface area contributed by atoms with Crippen molar-refractivity contribution in [2.24, 2.45) is 0 Å². The summed E-state index contributed by atoms with van der Waals surface area (Å²) in [6.07, 6.45) is 0. The Balaban J connectivity index is 2.00. The molecule has 0 aliphatic rings. The van der Waals surface area contributed by atoms with E-state index in [0.29, 0.717) is 10.7 Å². The van der Waals surface area contributed by atoms with Crippen LogP contribution in [0.15, 0.2) is 72.8 Å². The number of anilines is 1. The maximum absolute atomic E-state index is 6.07. The minimum Gasteiger partial charge on any atom is -0.397 e. The molecule has 20 heavy (non-hydrogen) atoms. The number of nitrogens with two attached hydrogens (primary N) is 1. The minimum absolute atomic E-state index is 0.592. The highest BCUT2D eigenvalue weighted by Gasteiger charge is 2.05. The van der Waals surface area contributed by atoms with E-state index in [1.54, 1.807) is 6.07 Å². The van der Waals surface area contributed by atoms with Gasteiger partial charge >= 0.3 is 0 Å². The van der Waals surface area contributed by atoms with Gasteiger partial charge in [-0.2, -0.15) is 0 Å². The molecule has 3 aromatic rings. The summed E-state index contributed by atoms with van der Waals surface area (Å²) in [6, 6.07) is 24.4. The molecule has 0 saturated carbocycles. The van der Waals surface area contributed by atoms with E-state index in [-0.39, 0.29) is 0 Å². The Morgan fingerprint density at radius 1 is 0.600 bits per heavy atom. The van der Waals surface area contributed by atoms with Crippen molar-refractivity contribution < 1.29 is 0 Å². The van der Waals surface area contributed by atoms with E-state index >= 15 is 0 Å². The zero-order valence-corrected chi connectivity index (χ0v) is 11.6. The molecular formula is C18H14ClN. The molecule has 1 nitrogen and oxygen atoms in total. The van der Waals surface area contributed by atoms with E-state index in [1.807, 2.05) is 30.3 Å². The van der Waals surface area contributed by atoms with Crippen molar-refractivity contribution in [3.8, 4) is 22.3 Å². The number of hydrogen-bond acceptors (Lipinski definition) is 1. The Morgan fingerprint density at radius 2 is 1.20 bits per heavy atom. The number of rotatable bonds is 2. The largest absolute Gasteiger partial charge is 0.397 e. The number of hydrogen-bond donors (Lipinski definition) is 1. The van der Waals surface area contributed by atoms with Crippen molar-refractivity contribution >= 4 is 17.3 Å². The van der Waals surface area contributed by atoms with Crippen LogP contribution in [0.25, 0.3) is 22.3 Å². The van der Waals surface area contributed by atoms with Crippen molar-refractivity contribution in [3.05, 3.63) is 77.8 Å². The molecule has 0 saturated heterocycles. The molecule has 0 heterocycles. The van der Waals surface area contributed by atoms with Crippen LogP contribution in [0.5, 0.6) is 0 Å². The molecule has 0 bridgehead atoms. The normalized spacial score (nSPS) is 10.4. The smallest absolute Gasteiger partial charge is 0.0641 e. The van der Waals surface area contributed by atoms with E-state index in [0.717, 1.165) is 11.1 Å². The van der Waals surface area contributed by atoms with Gasteiger partial charge < -0.3 is 5.73 Å². The van der Waals surface area contributed by atoms with Gasteiger partial charge in [-0.05, 0) is 22.8 Å². The number of para-hydroxylation sites is 1. The Hall–Kier alpha value is -2.25. The highest BCUT2D eigenvalue weighted by atomic mass is 35.5. The third kappa shape index (κ3) is 2.40. The SMILES string of the molecule is Nc1c(Cl)cccc1-c1ccc(-c2ccccc2)cc1. The summed E-state index contributed by atoms with van der Waals surface area (Å²) in [5, 5.41) is 0.592. The Labute approximate surface area is 123 Å². The lowest BCUT2D eigenvalue weighted by Gasteiger charge is -2.08. The van der Waals surface area contributed by atoms with Crippen molar-refractivity contribution in [1.29, 1.82) is 0 Å². The summed E-state index contributed by atoms with van der Waals surface area (Å²) >= 11 is 6.07. The second-order valence-electron chi connectivity index (χ2n) is 4.64. The Bertz CT molecular complexity index is 718. The van der Waals surface area contributed by atoms with Crippen molar-refractivity contribution in [3.63, 3.8) is 0 Å². The number of benzene rings is 3. The lowest BCUT2D eigenvalue weighted by Crippen LogP contribution is -1.91. The van der Waals surface area contributed by atoms with Crippen molar-refractivity contribution in [2.45, 2.75) is 0 Å². The van der Waals surface area contributed by atoms with Crippen LogP contribution in [0, 0.1) is 0 Å². The van der Waals surface area contributed by atoms with Gasteiger partial charge in [0.2, 0.25) is 0 Å². The average molecular weight is 280 g/mol. The standard InChI is InChI=1S/C18H14ClN/c19-17-8-4-7-16(18(17)20)15-11-9-14(10-12-15)13-5-2-1-3-6-13/h1-12H,20H2. The van der Waals surface area contributed by atoms with Gasteiger partial charge in [0, 0.05) is 5.56 Å². The van der Waals surface area contributed by atoms with Crippen LogP contribution < -0.4 is 5.73 Å². The molecule has 0 unspecified atom stereocenters. The Kier molecular flexibility index (Phi) is 3.44. The molecule has 3 rings (SSSR count). The second-order valence-corrected chi connectivity index (χ2v) is 5.05. The van der Waals surface area contributed by atoms with Crippen LogP contribution in [0.3, 0.4) is 0 Å². The monoisotopic (exact) mass is 279 g/mol. The third-order valence-electron chi connectivity index (χ3n) is 3.36. The number of nitrogen functional groups attached to an aromatic ring is 1. The number of halogens is 1. The lowest BCUT2D eigenvalue weighted by atomic mass is 9.99. The van der Waals surface area contributed by atoms with E-state index in [4.69, 9.17) is 17.3 Å². The molecule has 0 radical (unpaired) electrons. The summed E-state index contributed by atoms with van der Waals surface area (Å²) < 4.78 is 0. The third-order valence-corrected chi connectivity index (χ3v) is 3.69. The van der Waals surface area contributed by atoms with Crippen LogP contribution >= 0.6 is 11.6 Å². The maximum atomic E-state index is 6.07. The van der Waals surface area contributed by atoms with E-state index in [9.17, 15) is 0 Å². The topological polar surface area (TPSA) is 26.0 Å². The van der Waals surface area contributed by atoms with E-state index in [1.165, 1.54) is 11.1 Å². The van der Waals surface area contributed by atoms with Gasteiger partial charge in [0.15, 0.2) is 0 Å². The van der Waals surface area contributed by atoms with Crippen molar-refractivity contribution in [1.82, 2.24) is 0 Å².